The molecule has 0 aromatic heterocycles. The molecule has 1 saturated heterocycles. The number of quaternary nitrogens is 1. The molecule has 30 heavy (non-hydrogen) atoms. The van der Waals surface area contributed by atoms with Crippen LogP contribution in [0.2, 0.25) is 0 Å². The van der Waals surface area contributed by atoms with E-state index in [-0.39, 0.29) is 11.8 Å². The van der Waals surface area contributed by atoms with E-state index in [1.54, 1.807) is 0 Å². The van der Waals surface area contributed by atoms with Crippen LogP contribution in [0, 0.1) is 0 Å². The predicted octanol–water partition coefficient (Wildman–Crippen LogP) is 4.89. The summed E-state index contributed by atoms with van der Waals surface area (Å²) >= 11 is 0. The van der Waals surface area contributed by atoms with Crippen molar-refractivity contribution in [3.05, 3.63) is 0 Å². The normalized spacial score (nSPS) is 14.5. The van der Waals surface area contributed by atoms with Crippen LogP contribution in [0.15, 0.2) is 0 Å². The van der Waals surface area contributed by atoms with Crippen LogP contribution in [0.1, 0.15) is 103 Å². The second-order valence-corrected chi connectivity index (χ2v) is 9.89. The number of hydrogen-bond donors (Lipinski definition) is 1. The Morgan fingerprint density at radius 3 is 2.00 bits per heavy atom. The maximum absolute atomic E-state index is 12.2. The van der Waals surface area contributed by atoms with E-state index in [1.165, 1.54) is 77.0 Å². The number of nitrogens with one attached hydrogen (secondary N) is 1. The van der Waals surface area contributed by atoms with E-state index in [9.17, 15) is 9.59 Å². The lowest BCUT2D eigenvalue weighted by atomic mass is 10.1. The quantitative estimate of drug-likeness (QED) is 0.237. The third-order valence-corrected chi connectivity index (χ3v) is 6.29. The van der Waals surface area contributed by atoms with Crippen LogP contribution in [-0.2, 0) is 9.59 Å². The molecule has 5 nitrogen and oxygen atoms in total. The van der Waals surface area contributed by atoms with Crippen LogP contribution in [0.5, 0.6) is 0 Å². The summed E-state index contributed by atoms with van der Waals surface area (Å²) in [4.78, 5) is 25.7. The summed E-state index contributed by atoms with van der Waals surface area (Å²) in [5, 5.41) is 3.03. The van der Waals surface area contributed by atoms with Gasteiger partial charge >= 0.3 is 0 Å². The number of likely N-dealkylation sites (tertiary alicyclic amines) is 1. The van der Waals surface area contributed by atoms with Gasteiger partial charge in [0.15, 0.2) is 6.54 Å². The van der Waals surface area contributed by atoms with Crippen molar-refractivity contribution >= 4 is 11.8 Å². The molecule has 1 aliphatic rings. The number of hydrogen-bond acceptors (Lipinski definition) is 2. The van der Waals surface area contributed by atoms with E-state index in [2.05, 4.69) is 26.3 Å². The minimum atomic E-state index is 0.131. The van der Waals surface area contributed by atoms with Gasteiger partial charge < -0.3 is 14.7 Å². The number of carbonyl (C=O) groups is 2. The maximum atomic E-state index is 12.2. The van der Waals surface area contributed by atoms with E-state index in [0.29, 0.717) is 19.5 Å². The molecule has 1 N–H and O–H groups in total. The Morgan fingerprint density at radius 1 is 0.900 bits per heavy atom. The second kappa shape index (κ2) is 16.6. The van der Waals surface area contributed by atoms with Crippen LogP contribution in [-0.4, -0.2) is 68.0 Å². The van der Waals surface area contributed by atoms with Crippen LogP contribution >= 0.6 is 0 Å². The first-order chi connectivity index (χ1) is 14.4. The highest BCUT2D eigenvalue weighted by Crippen LogP contribution is 2.13. The summed E-state index contributed by atoms with van der Waals surface area (Å²) in [5.41, 5.74) is 0. The predicted molar refractivity (Wildman–Crippen MR) is 126 cm³/mol. The Labute approximate surface area is 186 Å². The SMILES string of the molecule is CCCCCCCCCCCCCC[N+](C)(C)CC(=O)NCCCN1CCCC1=O. The number of amides is 2. The van der Waals surface area contributed by atoms with Crippen LogP contribution in [0.25, 0.3) is 0 Å². The van der Waals surface area contributed by atoms with E-state index >= 15 is 0 Å². The van der Waals surface area contributed by atoms with Crippen molar-refractivity contribution in [2.45, 2.75) is 103 Å². The zero-order chi connectivity index (χ0) is 22.1. The van der Waals surface area contributed by atoms with Crippen LogP contribution < -0.4 is 5.32 Å². The molecule has 1 rings (SSSR count). The fraction of sp³-hybridized carbons (Fsp3) is 0.920. The topological polar surface area (TPSA) is 49.4 Å². The van der Waals surface area contributed by atoms with Gasteiger partial charge in [0.2, 0.25) is 5.91 Å². The minimum Gasteiger partial charge on any atom is -0.351 e. The van der Waals surface area contributed by atoms with E-state index in [4.69, 9.17) is 0 Å². The standard InChI is InChI=1S/C25H49N3O2/c1-4-5-6-7-8-9-10-11-12-13-14-15-22-28(2,3)23-24(29)26-19-17-21-27-20-16-18-25(27)30/h4-23H2,1-3H3/p+1. The van der Waals surface area contributed by atoms with Gasteiger partial charge in [0.05, 0.1) is 20.6 Å². The molecule has 0 saturated carbocycles. The molecule has 1 aliphatic heterocycles. The van der Waals surface area contributed by atoms with Crippen LogP contribution in [0.3, 0.4) is 0 Å². The van der Waals surface area contributed by atoms with Gasteiger partial charge in [-0.25, -0.2) is 0 Å². The summed E-state index contributed by atoms with van der Waals surface area (Å²) in [6.45, 7) is 6.21. The summed E-state index contributed by atoms with van der Waals surface area (Å²) in [6, 6.07) is 0. The molecular weight excluding hydrogens is 374 g/mol. The summed E-state index contributed by atoms with van der Waals surface area (Å²) in [5.74, 6) is 0.397. The molecule has 0 atom stereocenters. The van der Waals surface area contributed by atoms with Gasteiger partial charge in [-0.2, -0.15) is 0 Å². The molecule has 0 radical (unpaired) electrons. The summed E-state index contributed by atoms with van der Waals surface area (Å²) in [6.07, 6.45) is 18.9. The van der Waals surface area contributed by atoms with Gasteiger partial charge in [0.1, 0.15) is 0 Å². The summed E-state index contributed by atoms with van der Waals surface area (Å²) in [7, 11) is 4.31. The fourth-order valence-corrected chi connectivity index (χ4v) is 4.34. The lowest BCUT2D eigenvalue weighted by Crippen LogP contribution is -2.48. The second-order valence-electron chi connectivity index (χ2n) is 9.89. The van der Waals surface area contributed by atoms with E-state index in [0.717, 1.165) is 37.0 Å². The Kier molecular flexibility index (Phi) is 14.9. The zero-order valence-electron chi connectivity index (χ0n) is 20.4. The molecule has 0 aliphatic carbocycles. The third-order valence-electron chi connectivity index (χ3n) is 6.29. The van der Waals surface area contributed by atoms with Crippen molar-refractivity contribution in [3.63, 3.8) is 0 Å². The van der Waals surface area contributed by atoms with Gasteiger partial charge in [0.25, 0.3) is 5.91 Å². The van der Waals surface area contributed by atoms with Crippen molar-refractivity contribution in [3.8, 4) is 0 Å². The highest BCUT2D eigenvalue weighted by Gasteiger charge is 2.21. The Bertz CT molecular complexity index is 465. The first-order valence-electron chi connectivity index (χ1n) is 12.8. The third kappa shape index (κ3) is 14.0. The Balaban J connectivity index is 1.93. The molecule has 1 heterocycles. The molecule has 5 heteroatoms. The monoisotopic (exact) mass is 424 g/mol. The van der Waals surface area contributed by atoms with Gasteiger partial charge in [-0.3, -0.25) is 9.59 Å². The van der Waals surface area contributed by atoms with E-state index < -0.39 is 0 Å². The van der Waals surface area contributed by atoms with Gasteiger partial charge in [-0.15, -0.1) is 0 Å². The lowest BCUT2D eigenvalue weighted by Gasteiger charge is -2.29. The maximum Gasteiger partial charge on any atom is 0.275 e. The molecule has 176 valence electrons. The Morgan fingerprint density at radius 2 is 1.47 bits per heavy atom. The van der Waals surface area contributed by atoms with Gasteiger partial charge in [-0.1, -0.05) is 71.1 Å². The van der Waals surface area contributed by atoms with Crippen molar-refractivity contribution in [1.29, 1.82) is 0 Å². The Hall–Kier alpha value is -1.10. The highest BCUT2D eigenvalue weighted by atomic mass is 16.2. The first-order valence-corrected chi connectivity index (χ1v) is 12.8. The summed E-state index contributed by atoms with van der Waals surface area (Å²) < 4.78 is 0.758. The fourth-order valence-electron chi connectivity index (χ4n) is 4.34. The minimum absolute atomic E-state index is 0.131. The number of likely N-dealkylation sites (N-methyl/N-ethyl adjacent to an activating group) is 1. The lowest BCUT2D eigenvalue weighted by molar-refractivity contribution is -0.882. The smallest absolute Gasteiger partial charge is 0.275 e. The zero-order valence-corrected chi connectivity index (χ0v) is 20.4. The molecule has 0 bridgehead atoms. The van der Waals surface area contributed by atoms with Crippen molar-refractivity contribution in [2.75, 3.05) is 46.8 Å². The number of nitrogens with zero attached hydrogens (tertiary/aromatic N) is 2. The van der Waals surface area contributed by atoms with Gasteiger partial charge in [-0.05, 0) is 25.7 Å². The average molecular weight is 425 g/mol. The highest BCUT2D eigenvalue weighted by molar-refractivity contribution is 5.78. The molecule has 0 aromatic rings. The molecule has 0 spiro atoms. The number of rotatable bonds is 19. The molecular formula is C25H50N3O2+. The molecule has 1 fully saturated rings. The molecule has 0 unspecified atom stereocenters. The van der Waals surface area contributed by atoms with Gasteiger partial charge in [0, 0.05) is 26.1 Å². The van der Waals surface area contributed by atoms with Crippen molar-refractivity contribution in [2.24, 2.45) is 0 Å². The molecule has 2 amide bonds. The number of carbonyl (C=O) groups excluding carboxylic acids is 2. The first kappa shape index (κ1) is 26.9. The van der Waals surface area contributed by atoms with Crippen molar-refractivity contribution in [1.82, 2.24) is 10.2 Å². The number of unbranched alkanes of at least 4 members (excludes halogenated alkanes) is 11. The van der Waals surface area contributed by atoms with Crippen molar-refractivity contribution < 1.29 is 14.1 Å². The average Bonchev–Trinajstić information content (AvgIpc) is 3.10. The van der Waals surface area contributed by atoms with Crippen LogP contribution in [0.4, 0.5) is 0 Å². The molecule has 0 aromatic carbocycles. The van der Waals surface area contributed by atoms with E-state index in [1.807, 2.05) is 4.90 Å². The largest absolute Gasteiger partial charge is 0.351 e.